The fourth-order valence-electron chi connectivity index (χ4n) is 4.11. The highest BCUT2D eigenvalue weighted by Gasteiger charge is 2.16. The first-order chi connectivity index (χ1) is 21.2. The number of carbonyl (C=O) groups is 2. The van der Waals surface area contributed by atoms with Crippen LogP contribution in [0.25, 0.3) is 0 Å². The van der Waals surface area contributed by atoms with Crippen LogP contribution in [-0.4, -0.2) is 58.9 Å². The van der Waals surface area contributed by atoms with E-state index < -0.39 is 0 Å². The molecule has 9 nitrogen and oxygen atoms in total. The number of carbonyl (C=O) groups excluding carboxylic acids is 2. The van der Waals surface area contributed by atoms with Gasteiger partial charge in [-0.15, -0.1) is 0 Å². The van der Waals surface area contributed by atoms with E-state index in [1.54, 1.807) is 50.6 Å². The average molecular weight is 607 g/mol. The van der Waals surface area contributed by atoms with Crippen molar-refractivity contribution in [3.05, 3.63) is 77.4 Å². The number of hydrogen-bond acceptors (Lipinski definition) is 7. The van der Waals surface area contributed by atoms with Crippen LogP contribution < -0.4 is 34.3 Å². The normalized spacial score (nSPS) is 10.8. The van der Waals surface area contributed by atoms with Crippen molar-refractivity contribution in [3.8, 4) is 28.7 Å². The molecule has 2 amide bonds. The van der Waals surface area contributed by atoms with Crippen LogP contribution in [-0.2, 0) is 6.42 Å². The van der Waals surface area contributed by atoms with Crippen LogP contribution in [0.2, 0.25) is 0 Å². The summed E-state index contributed by atoms with van der Waals surface area (Å²) in [6.07, 6.45) is 1.32. The maximum Gasteiger partial charge on any atom is 0.255 e. The lowest BCUT2D eigenvalue weighted by atomic mass is 10.1. The van der Waals surface area contributed by atoms with Gasteiger partial charge in [-0.1, -0.05) is 39.8 Å². The molecule has 0 aliphatic heterocycles. The third kappa shape index (κ3) is 11.0. The van der Waals surface area contributed by atoms with E-state index in [-0.39, 0.29) is 11.8 Å². The lowest BCUT2D eigenvalue weighted by Gasteiger charge is -2.15. The van der Waals surface area contributed by atoms with Crippen LogP contribution in [0, 0.1) is 11.8 Å². The molecule has 238 valence electrons. The van der Waals surface area contributed by atoms with Crippen molar-refractivity contribution in [2.24, 2.45) is 11.8 Å². The van der Waals surface area contributed by atoms with Gasteiger partial charge in [0.05, 0.1) is 45.2 Å². The van der Waals surface area contributed by atoms with Crippen molar-refractivity contribution < 1.29 is 33.3 Å². The Balaban J connectivity index is 1.40. The molecule has 44 heavy (non-hydrogen) atoms. The van der Waals surface area contributed by atoms with Crippen molar-refractivity contribution in [3.63, 3.8) is 0 Å². The number of methoxy groups -OCH3 is 2. The van der Waals surface area contributed by atoms with Crippen molar-refractivity contribution in [1.29, 1.82) is 0 Å². The molecule has 0 atom stereocenters. The molecule has 0 saturated carbocycles. The molecule has 0 radical (unpaired) electrons. The first-order valence-corrected chi connectivity index (χ1v) is 15.1. The van der Waals surface area contributed by atoms with Gasteiger partial charge in [-0.25, -0.2) is 0 Å². The summed E-state index contributed by atoms with van der Waals surface area (Å²) in [5.74, 6) is 3.32. The van der Waals surface area contributed by atoms with E-state index in [1.807, 2.05) is 24.3 Å². The predicted molar refractivity (Wildman–Crippen MR) is 172 cm³/mol. The first kappa shape index (κ1) is 34.1. The summed E-state index contributed by atoms with van der Waals surface area (Å²) in [7, 11) is 3.17. The molecule has 0 aromatic heterocycles. The van der Waals surface area contributed by atoms with Gasteiger partial charge in [-0.2, -0.15) is 0 Å². The molecule has 2 N–H and O–H groups in total. The molecule has 0 bridgehead atoms. The monoisotopic (exact) mass is 606 g/mol. The van der Waals surface area contributed by atoms with E-state index in [9.17, 15) is 9.59 Å². The van der Waals surface area contributed by atoms with Gasteiger partial charge in [0.15, 0.2) is 0 Å². The Morgan fingerprint density at radius 1 is 0.636 bits per heavy atom. The van der Waals surface area contributed by atoms with E-state index in [0.717, 1.165) is 11.3 Å². The minimum absolute atomic E-state index is 0.190. The van der Waals surface area contributed by atoms with E-state index >= 15 is 0 Å². The van der Waals surface area contributed by atoms with Gasteiger partial charge in [-0.3, -0.25) is 9.59 Å². The van der Waals surface area contributed by atoms with Crippen LogP contribution in [0.4, 0.5) is 0 Å². The zero-order valence-electron chi connectivity index (χ0n) is 26.7. The Morgan fingerprint density at radius 3 is 1.59 bits per heavy atom. The summed E-state index contributed by atoms with van der Waals surface area (Å²) in [5, 5.41) is 5.91. The summed E-state index contributed by atoms with van der Waals surface area (Å²) < 4.78 is 28.1. The lowest BCUT2D eigenvalue weighted by Crippen LogP contribution is -2.26. The summed E-state index contributed by atoms with van der Waals surface area (Å²) >= 11 is 0. The Hall–Kier alpha value is -4.40. The summed E-state index contributed by atoms with van der Waals surface area (Å²) in [5.41, 5.74) is 2.03. The minimum atomic E-state index is -0.200. The van der Waals surface area contributed by atoms with Crippen LogP contribution >= 0.6 is 0 Å². The van der Waals surface area contributed by atoms with E-state index in [2.05, 4.69) is 38.3 Å². The summed E-state index contributed by atoms with van der Waals surface area (Å²) in [6, 6.07) is 18.2. The maximum atomic E-state index is 12.9. The highest BCUT2D eigenvalue weighted by Crippen LogP contribution is 2.26. The lowest BCUT2D eigenvalue weighted by molar-refractivity contribution is 0.0939. The maximum absolute atomic E-state index is 12.9. The molecule has 0 spiro atoms. The van der Waals surface area contributed by atoms with Gasteiger partial charge in [0.25, 0.3) is 11.8 Å². The third-order valence-corrected chi connectivity index (χ3v) is 6.51. The largest absolute Gasteiger partial charge is 0.497 e. The Bertz CT molecular complexity index is 1340. The molecule has 3 aromatic carbocycles. The van der Waals surface area contributed by atoms with Gasteiger partial charge in [0.1, 0.15) is 28.7 Å². The SMILES string of the molecule is COc1ccc(C(=O)NCCCOc2ccc(CCNC(=O)c3ccc(OC)cc3OCC(C)C)cc2)c(OCC(C)C)c1. The van der Waals surface area contributed by atoms with Gasteiger partial charge in [0.2, 0.25) is 0 Å². The molecule has 9 heteroatoms. The van der Waals surface area contributed by atoms with Gasteiger partial charge in [0, 0.05) is 25.2 Å². The van der Waals surface area contributed by atoms with Crippen molar-refractivity contribution in [2.45, 2.75) is 40.5 Å². The minimum Gasteiger partial charge on any atom is -0.497 e. The fourth-order valence-corrected chi connectivity index (χ4v) is 4.11. The number of nitrogens with one attached hydrogen (secondary N) is 2. The number of hydrogen-bond donors (Lipinski definition) is 2. The highest BCUT2D eigenvalue weighted by atomic mass is 16.5. The van der Waals surface area contributed by atoms with Crippen LogP contribution in [0.15, 0.2) is 60.7 Å². The second kappa shape index (κ2) is 17.7. The smallest absolute Gasteiger partial charge is 0.255 e. The van der Waals surface area contributed by atoms with Crippen molar-refractivity contribution >= 4 is 11.8 Å². The topological polar surface area (TPSA) is 104 Å². The second-order valence-corrected chi connectivity index (χ2v) is 11.2. The molecule has 3 rings (SSSR count). The molecule has 3 aromatic rings. The zero-order chi connectivity index (χ0) is 31.9. The van der Waals surface area contributed by atoms with Crippen molar-refractivity contribution in [1.82, 2.24) is 10.6 Å². The number of rotatable bonds is 18. The number of benzene rings is 3. The molecule has 0 aliphatic rings. The molecule has 0 heterocycles. The predicted octanol–water partition coefficient (Wildman–Crippen LogP) is 5.94. The van der Waals surface area contributed by atoms with Gasteiger partial charge in [-0.05, 0) is 66.6 Å². The van der Waals surface area contributed by atoms with E-state index in [4.69, 9.17) is 23.7 Å². The molecule has 0 saturated heterocycles. The van der Waals surface area contributed by atoms with E-state index in [0.29, 0.717) is 91.7 Å². The molecule has 0 unspecified atom stereocenters. The first-order valence-electron chi connectivity index (χ1n) is 15.1. The summed E-state index contributed by atoms with van der Waals surface area (Å²) in [6.45, 7) is 10.6. The quantitative estimate of drug-likeness (QED) is 0.173. The Morgan fingerprint density at radius 2 is 1.11 bits per heavy atom. The van der Waals surface area contributed by atoms with Gasteiger partial charge >= 0.3 is 0 Å². The van der Waals surface area contributed by atoms with Crippen LogP contribution in [0.1, 0.15) is 60.4 Å². The second-order valence-electron chi connectivity index (χ2n) is 11.2. The highest BCUT2D eigenvalue weighted by molar-refractivity contribution is 5.97. The van der Waals surface area contributed by atoms with Crippen LogP contribution in [0.3, 0.4) is 0 Å². The van der Waals surface area contributed by atoms with E-state index in [1.165, 1.54) is 0 Å². The Kier molecular flexibility index (Phi) is 13.7. The summed E-state index contributed by atoms with van der Waals surface area (Å²) in [4.78, 5) is 25.6. The molecule has 0 fully saturated rings. The average Bonchev–Trinajstić information content (AvgIpc) is 3.02. The van der Waals surface area contributed by atoms with Crippen molar-refractivity contribution in [2.75, 3.05) is 47.1 Å². The standard InChI is InChI=1S/C35H46N2O7/c1-24(2)22-43-32-20-28(40-5)12-14-30(32)34(38)36-17-7-19-42-27-10-8-26(9-11-27)16-18-37-35(39)31-15-13-29(41-6)21-33(31)44-23-25(3)4/h8-15,20-21,24-25H,7,16-19,22-23H2,1-6H3,(H,36,38)(H,37,39). The Labute approximate surface area is 261 Å². The third-order valence-electron chi connectivity index (χ3n) is 6.51. The molecular weight excluding hydrogens is 560 g/mol. The molecular formula is C35H46N2O7. The van der Waals surface area contributed by atoms with Gasteiger partial charge < -0.3 is 34.3 Å². The fraction of sp³-hybridized carbons (Fsp3) is 0.429. The number of amides is 2. The number of ether oxygens (including phenoxy) is 5. The van der Waals surface area contributed by atoms with Crippen LogP contribution in [0.5, 0.6) is 28.7 Å². The molecule has 0 aliphatic carbocycles. The zero-order valence-corrected chi connectivity index (χ0v) is 26.7.